The van der Waals surface area contributed by atoms with E-state index in [1.807, 2.05) is 34.1 Å². The maximum atomic E-state index is 13.1. The maximum absolute atomic E-state index is 13.1. The van der Waals surface area contributed by atoms with Crippen LogP contribution in [0, 0.1) is 0 Å². The molecule has 3 aromatic rings. The fourth-order valence-electron chi connectivity index (χ4n) is 3.77. The molecule has 0 radical (unpaired) electrons. The minimum absolute atomic E-state index is 0.131. The Morgan fingerprint density at radius 2 is 2.16 bits per heavy atom. The first-order chi connectivity index (χ1) is 12.3. The number of benzene rings is 1. The molecule has 128 valence electrons. The maximum Gasteiger partial charge on any atom is 0.299 e. The third-order valence-electron chi connectivity index (χ3n) is 5.08. The van der Waals surface area contributed by atoms with Crippen LogP contribution < -0.4 is 4.90 Å². The van der Waals surface area contributed by atoms with Crippen LogP contribution in [0.4, 0.5) is 6.01 Å². The number of aromatic nitrogens is 2. The molecule has 0 saturated carbocycles. The van der Waals surface area contributed by atoms with Crippen LogP contribution in [0.1, 0.15) is 24.2 Å². The Balaban J connectivity index is 1.40. The van der Waals surface area contributed by atoms with E-state index in [-0.39, 0.29) is 11.9 Å². The topological polar surface area (TPSA) is 75.6 Å². The number of rotatable bonds is 2. The Morgan fingerprint density at radius 1 is 1.24 bits per heavy atom. The van der Waals surface area contributed by atoms with E-state index in [9.17, 15) is 4.79 Å². The van der Waals surface area contributed by atoms with Crippen molar-refractivity contribution in [3.8, 4) is 0 Å². The van der Waals surface area contributed by atoms with Crippen molar-refractivity contribution in [2.75, 3.05) is 18.0 Å². The third-order valence-corrected chi connectivity index (χ3v) is 5.08. The third kappa shape index (κ3) is 2.38. The van der Waals surface area contributed by atoms with Gasteiger partial charge in [0.25, 0.3) is 6.01 Å². The van der Waals surface area contributed by atoms with Crippen molar-refractivity contribution in [2.24, 2.45) is 0 Å². The first-order valence-electron chi connectivity index (χ1n) is 8.63. The molecule has 1 aromatic carbocycles. The summed E-state index contributed by atoms with van der Waals surface area (Å²) in [4.78, 5) is 21.6. The van der Waals surface area contributed by atoms with Gasteiger partial charge in [-0.15, -0.1) is 0 Å². The second-order valence-electron chi connectivity index (χ2n) is 6.60. The molecule has 5 rings (SSSR count). The molecule has 2 aliphatic heterocycles. The van der Waals surface area contributed by atoms with Gasteiger partial charge in [-0.3, -0.25) is 4.79 Å². The summed E-state index contributed by atoms with van der Waals surface area (Å²) in [5, 5.41) is 3.83. The van der Waals surface area contributed by atoms with Crippen LogP contribution in [0.15, 0.2) is 39.4 Å². The lowest BCUT2D eigenvalue weighted by Crippen LogP contribution is -2.47. The second kappa shape index (κ2) is 5.61. The second-order valence-corrected chi connectivity index (χ2v) is 6.60. The van der Waals surface area contributed by atoms with E-state index in [1.165, 1.54) is 0 Å². The van der Waals surface area contributed by atoms with Gasteiger partial charge in [0.15, 0.2) is 5.58 Å². The van der Waals surface area contributed by atoms with E-state index < -0.39 is 0 Å². The van der Waals surface area contributed by atoms with Crippen LogP contribution in [0.2, 0.25) is 0 Å². The van der Waals surface area contributed by atoms with E-state index in [0.717, 1.165) is 48.2 Å². The van der Waals surface area contributed by atoms with Crippen molar-refractivity contribution < 1.29 is 13.7 Å². The summed E-state index contributed by atoms with van der Waals surface area (Å²) in [5.74, 6) is 1.03. The predicted molar refractivity (Wildman–Crippen MR) is 90.0 cm³/mol. The number of para-hydroxylation sites is 2. The summed E-state index contributed by atoms with van der Waals surface area (Å²) >= 11 is 0. The fraction of sp³-hybridized carbons (Fsp3) is 0.389. The van der Waals surface area contributed by atoms with E-state index >= 15 is 0 Å². The van der Waals surface area contributed by atoms with E-state index in [1.54, 1.807) is 6.20 Å². The number of carbonyl (C=O) groups excluding carboxylic acids is 1. The highest BCUT2D eigenvalue weighted by Gasteiger charge is 2.37. The Hall–Kier alpha value is -2.83. The first kappa shape index (κ1) is 14.5. The zero-order valence-electron chi connectivity index (χ0n) is 13.7. The molecular formula is C18H18N4O3. The average molecular weight is 338 g/mol. The van der Waals surface area contributed by atoms with Crippen LogP contribution in [-0.2, 0) is 17.8 Å². The molecule has 7 nitrogen and oxygen atoms in total. The fourth-order valence-corrected chi connectivity index (χ4v) is 3.77. The van der Waals surface area contributed by atoms with Gasteiger partial charge in [-0.2, -0.15) is 4.98 Å². The number of hydrogen-bond acceptors (Lipinski definition) is 6. The first-order valence-corrected chi connectivity index (χ1v) is 8.63. The zero-order valence-corrected chi connectivity index (χ0v) is 13.7. The van der Waals surface area contributed by atoms with Gasteiger partial charge >= 0.3 is 0 Å². The molecule has 1 atom stereocenters. The van der Waals surface area contributed by atoms with Gasteiger partial charge in [-0.1, -0.05) is 17.3 Å². The number of fused-ring (bicyclic) bond motifs is 2. The summed E-state index contributed by atoms with van der Waals surface area (Å²) < 4.78 is 11.1. The van der Waals surface area contributed by atoms with Gasteiger partial charge in [-0.05, 0) is 25.0 Å². The monoisotopic (exact) mass is 338 g/mol. The summed E-state index contributed by atoms with van der Waals surface area (Å²) in [6, 6.07) is 8.01. The number of amides is 1. The molecular weight excluding hydrogens is 320 g/mol. The highest BCUT2D eigenvalue weighted by Crippen LogP contribution is 2.30. The van der Waals surface area contributed by atoms with Gasteiger partial charge in [0, 0.05) is 25.1 Å². The molecule has 2 aliphatic rings. The average Bonchev–Trinajstić information content (AvgIpc) is 3.37. The van der Waals surface area contributed by atoms with Gasteiger partial charge in [0.2, 0.25) is 5.91 Å². The quantitative estimate of drug-likeness (QED) is 0.714. The number of nitrogens with zero attached hydrogens (tertiary/aromatic N) is 4. The number of carbonyl (C=O) groups is 1. The minimum atomic E-state index is -0.213. The molecule has 1 fully saturated rings. The SMILES string of the molecule is O=C(C1CCCN1c1nc2ccccc2o1)N1CCc2oncc2C1. The van der Waals surface area contributed by atoms with Gasteiger partial charge < -0.3 is 18.7 Å². The van der Waals surface area contributed by atoms with E-state index in [0.29, 0.717) is 19.1 Å². The predicted octanol–water partition coefficient (Wildman–Crippen LogP) is 2.37. The van der Waals surface area contributed by atoms with Crippen molar-refractivity contribution in [1.29, 1.82) is 0 Å². The van der Waals surface area contributed by atoms with Crippen molar-refractivity contribution in [2.45, 2.75) is 31.8 Å². The number of hydrogen-bond donors (Lipinski definition) is 0. The summed E-state index contributed by atoms with van der Waals surface area (Å²) in [6.45, 7) is 2.02. The molecule has 25 heavy (non-hydrogen) atoms. The smallest absolute Gasteiger partial charge is 0.299 e. The molecule has 2 aromatic heterocycles. The van der Waals surface area contributed by atoms with Crippen LogP contribution in [0.5, 0.6) is 0 Å². The van der Waals surface area contributed by atoms with Crippen LogP contribution in [0.3, 0.4) is 0 Å². The highest BCUT2D eigenvalue weighted by atomic mass is 16.5. The summed E-state index contributed by atoms with van der Waals surface area (Å²) in [5.41, 5.74) is 2.58. The summed E-state index contributed by atoms with van der Waals surface area (Å²) in [7, 11) is 0. The van der Waals surface area contributed by atoms with Crippen molar-refractivity contribution in [1.82, 2.24) is 15.0 Å². The lowest BCUT2D eigenvalue weighted by atomic mass is 10.1. The largest absolute Gasteiger partial charge is 0.423 e. The number of oxazole rings is 1. The molecule has 0 spiro atoms. The lowest BCUT2D eigenvalue weighted by Gasteiger charge is -2.31. The normalized spacial score (nSPS) is 20.2. The zero-order chi connectivity index (χ0) is 16.8. The molecule has 4 heterocycles. The lowest BCUT2D eigenvalue weighted by molar-refractivity contribution is -0.133. The summed E-state index contributed by atoms with van der Waals surface area (Å²) in [6.07, 6.45) is 4.21. The van der Waals surface area contributed by atoms with Crippen LogP contribution in [-0.4, -0.2) is 40.1 Å². The van der Waals surface area contributed by atoms with Crippen molar-refractivity contribution in [3.05, 3.63) is 41.8 Å². The van der Waals surface area contributed by atoms with Crippen molar-refractivity contribution in [3.63, 3.8) is 0 Å². The highest BCUT2D eigenvalue weighted by molar-refractivity contribution is 5.86. The number of anilines is 1. The Morgan fingerprint density at radius 3 is 3.08 bits per heavy atom. The van der Waals surface area contributed by atoms with E-state index in [2.05, 4.69) is 10.1 Å². The molecule has 0 N–H and O–H groups in total. The van der Waals surface area contributed by atoms with Crippen LogP contribution >= 0.6 is 0 Å². The Labute approximate surface area is 144 Å². The van der Waals surface area contributed by atoms with E-state index in [4.69, 9.17) is 8.94 Å². The van der Waals surface area contributed by atoms with Gasteiger partial charge in [-0.25, -0.2) is 0 Å². The minimum Gasteiger partial charge on any atom is -0.423 e. The standard InChI is InChI=1S/C18H18N4O3/c23-17(21-9-7-15-12(11-21)10-19-25-15)14-5-3-8-22(14)18-20-13-4-1-2-6-16(13)24-18/h1-2,4,6,10,14H,3,5,7-9,11H2. The molecule has 1 amide bonds. The van der Waals surface area contributed by atoms with Gasteiger partial charge in [0.1, 0.15) is 17.3 Å². The van der Waals surface area contributed by atoms with Crippen LogP contribution in [0.25, 0.3) is 11.1 Å². The van der Waals surface area contributed by atoms with Gasteiger partial charge in [0.05, 0.1) is 12.7 Å². The van der Waals surface area contributed by atoms with Crippen molar-refractivity contribution >= 4 is 23.0 Å². The molecule has 0 aliphatic carbocycles. The molecule has 1 saturated heterocycles. The Kier molecular flexibility index (Phi) is 3.26. The molecule has 1 unspecified atom stereocenters. The molecule has 7 heteroatoms. The molecule has 0 bridgehead atoms. The Bertz CT molecular complexity index is 898.